The van der Waals surface area contributed by atoms with Gasteiger partial charge in [-0.2, -0.15) is 0 Å². The molecule has 0 aliphatic carbocycles. The van der Waals surface area contributed by atoms with Gasteiger partial charge in [0.25, 0.3) is 0 Å². The Kier molecular flexibility index (Phi) is 5.64. The maximum Gasteiger partial charge on any atom is 0.0327 e. The van der Waals surface area contributed by atoms with Gasteiger partial charge >= 0.3 is 0 Å². The van der Waals surface area contributed by atoms with Gasteiger partial charge in [-0.05, 0) is 57.0 Å². The molecule has 0 aliphatic rings. The smallest absolute Gasteiger partial charge is 0.0327 e. The van der Waals surface area contributed by atoms with Crippen molar-refractivity contribution in [3.05, 3.63) is 139 Å². The summed E-state index contributed by atoms with van der Waals surface area (Å²) in [6.07, 6.45) is 6.13. The van der Waals surface area contributed by atoms with E-state index < -0.39 is 7.92 Å². The largest absolute Gasteiger partial charge is 0.115 e. The predicted octanol–water partition coefficient (Wildman–Crippen LogP) is 7.40. The Balaban J connectivity index is 1.78. The first-order chi connectivity index (χ1) is 17.3. The summed E-state index contributed by atoms with van der Waals surface area (Å²) < 4.78 is 0. The van der Waals surface area contributed by atoms with Gasteiger partial charge in [-0.1, -0.05) is 133 Å². The highest BCUT2D eigenvalue weighted by Crippen LogP contribution is 2.43. The number of benzene rings is 6. The molecule has 0 fully saturated rings. The van der Waals surface area contributed by atoms with Crippen LogP contribution >= 0.6 is 7.92 Å². The van der Waals surface area contributed by atoms with Crippen molar-refractivity contribution in [1.29, 1.82) is 0 Å². The molecule has 0 radical (unpaired) electrons. The zero-order chi connectivity index (χ0) is 23.6. The standard InChI is InChI=1S/C34H23P/c1-2-25-21-22-26-13-9-11-19-30(26)33(25)34-31-20-12-10-14-27(31)23-24-32(34)35(28-15-5-3-6-16-28)29-17-7-4-8-18-29/h1,3-24H. The van der Waals surface area contributed by atoms with E-state index in [0.717, 1.165) is 11.1 Å². The summed E-state index contributed by atoms with van der Waals surface area (Å²) >= 11 is 0. The van der Waals surface area contributed by atoms with Crippen molar-refractivity contribution in [2.45, 2.75) is 0 Å². The summed E-state index contributed by atoms with van der Waals surface area (Å²) in [4.78, 5) is 0. The molecular weight excluding hydrogens is 439 g/mol. The monoisotopic (exact) mass is 462 g/mol. The molecule has 0 spiro atoms. The average molecular weight is 463 g/mol. The Hall–Kier alpha value is -4.17. The third-order valence-electron chi connectivity index (χ3n) is 6.51. The molecule has 0 nitrogen and oxygen atoms in total. The lowest BCUT2D eigenvalue weighted by atomic mass is 9.90. The second-order valence-electron chi connectivity index (χ2n) is 8.54. The second-order valence-corrected chi connectivity index (χ2v) is 10.7. The van der Waals surface area contributed by atoms with Crippen LogP contribution in [-0.2, 0) is 0 Å². The Morgan fingerprint density at radius 3 is 1.51 bits per heavy atom. The van der Waals surface area contributed by atoms with Gasteiger partial charge in [0.2, 0.25) is 0 Å². The van der Waals surface area contributed by atoms with Gasteiger partial charge in [-0.25, -0.2) is 0 Å². The lowest BCUT2D eigenvalue weighted by Gasteiger charge is -2.25. The van der Waals surface area contributed by atoms with Crippen molar-refractivity contribution in [2.75, 3.05) is 0 Å². The molecule has 0 bridgehead atoms. The number of fused-ring (bicyclic) bond motifs is 2. The first kappa shape index (κ1) is 21.4. The van der Waals surface area contributed by atoms with Gasteiger partial charge in [-0.15, -0.1) is 6.42 Å². The quantitative estimate of drug-likeness (QED) is 0.189. The van der Waals surface area contributed by atoms with Crippen LogP contribution in [0.1, 0.15) is 5.56 Å². The van der Waals surface area contributed by atoms with Crippen molar-refractivity contribution in [3.8, 4) is 23.5 Å². The number of terminal acetylenes is 1. The molecule has 6 rings (SSSR count). The van der Waals surface area contributed by atoms with Crippen LogP contribution < -0.4 is 15.9 Å². The summed E-state index contributed by atoms with van der Waals surface area (Å²) in [5.41, 5.74) is 3.32. The van der Waals surface area contributed by atoms with Gasteiger partial charge in [0.05, 0.1) is 0 Å². The normalized spacial score (nSPS) is 11.1. The molecule has 0 unspecified atom stereocenters. The van der Waals surface area contributed by atoms with Crippen LogP contribution in [0.4, 0.5) is 0 Å². The third-order valence-corrected chi connectivity index (χ3v) is 8.99. The van der Waals surface area contributed by atoms with E-state index in [1.54, 1.807) is 0 Å². The molecule has 0 heterocycles. The molecule has 0 amide bonds. The van der Waals surface area contributed by atoms with E-state index in [4.69, 9.17) is 6.42 Å². The van der Waals surface area contributed by atoms with Crippen LogP contribution in [0.5, 0.6) is 0 Å². The van der Waals surface area contributed by atoms with Gasteiger partial charge in [-0.3, -0.25) is 0 Å². The molecule has 1 heteroatoms. The topological polar surface area (TPSA) is 0 Å². The van der Waals surface area contributed by atoms with Crippen LogP contribution in [0.2, 0.25) is 0 Å². The number of hydrogen-bond acceptors (Lipinski definition) is 0. The van der Waals surface area contributed by atoms with Gasteiger partial charge < -0.3 is 0 Å². The summed E-state index contributed by atoms with van der Waals surface area (Å²) in [6.45, 7) is 0. The molecule has 0 aromatic heterocycles. The van der Waals surface area contributed by atoms with E-state index in [2.05, 4.69) is 139 Å². The molecule has 6 aromatic rings. The molecule has 6 aromatic carbocycles. The highest BCUT2D eigenvalue weighted by molar-refractivity contribution is 7.80. The molecule has 0 saturated heterocycles. The van der Waals surface area contributed by atoms with Crippen LogP contribution in [0, 0.1) is 12.3 Å². The summed E-state index contributed by atoms with van der Waals surface area (Å²) in [5, 5.41) is 8.82. The summed E-state index contributed by atoms with van der Waals surface area (Å²) in [5.74, 6) is 3.00. The zero-order valence-corrected chi connectivity index (χ0v) is 20.1. The lowest BCUT2D eigenvalue weighted by molar-refractivity contribution is 1.66. The Morgan fingerprint density at radius 2 is 0.943 bits per heavy atom. The first-order valence-electron chi connectivity index (χ1n) is 11.8. The fourth-order valence-corrected chi connectivity index (χ4v) is 7.43. The Labute approximate surface area is 207 Å². The minimum atomic E-state index is -0.805. The van der Waals surface area contributed by atoms with E-state index in [9.17, 15) is 0 Å². The summed E-state index contributed by atoms with van der Waals surface area (Å²) in [7, 11) is -0.805. The van der Waals surface area contributed by atoms with Gasteiger partial charge in [0.15, 0.2) is 0 Å². The van der Waals surface area contributed by atoms with E-state index in [-0.39, 0.29) is 0 Å². The minimum absolute atomic E-state index is 0.805. The van der Waals surface area contributed by atoms with Crippen LogP contribution in [0.25, 0.3) is 32.7 Å². The molecular formula is C34H23P. The maximum atomic E-state index is 6.13. The van der Waals surface area contributed by atoms with Crippen molar-refractivity contribution in [2.24, 2.45) is 0 Å². The number of hydrogen-bond donors (Lipinski definition) is 0. The maximum absolute atomic E-state index is 6.13. The van der Waals surface area contributed by atoms with Gasteiger partial charge in [0, 0.05) is 11.1 Å². The van der Waals surface area contributed by atoms with Crippen molar-refractivity contribution in [1.82, 2.24) is 0 Å². The highest BCUT2D eigenvalue weighted by atomic mass is 31.1. The average Bonchev–Trinajstić information content (AvgIpc) is 2.94. The highest BCUT2D eigenvalue weighted by Gasteiger charge is 2.24. The van der Waals surface area contributed by atoms with Crippen molar-refractivity contribution < 1.29 is 0 Å². The zero-order valence-electron chi connectivity index (χ0n) is 19.2. The fourth-order valence-electron chi connectivity index (χ4n) is 4.95. The molecule has 0 saturated carbocycles. The van der Waals surface area contributed by atoms with Crippen molar-refractivity contribution >= 4 is 45.4 Å². The molecule has 35 heavy (non-hydrogen) atoms. The predicted molar refractivity (Wildman–Crippen MR) is 154 cm³/mol. The third kappa shape index (κ3) is 3.81. The lowest BCUT2D eigenvalue weighted by Crippen LogP contribution is -2.22. The fraction of sp³-hybridized carbons (Fsp3) is 0. The van der Waals surface area contributed by atoms with Crippen molar-refractivity contribution in [3.63, 3.8) is 0 Å². The van der Waals surface area contributed by atoms with E-state index >= 15 is 0 Å². The van der Waals surface area contributed by atoms with Crippen LogP contribution in [0.15, 0.2) is 133 Å². The number of rotatable bonds is 4. The Bertz CT molecular complexity index is 1650. The minimum Gasteiger partial charge on any atom is -0.115 e. The first-order valence-corrected chi connectivity index (χ1v) is 13.1. The second kappa shape index (κ2) is 9.23. The molecule has 0 aliphatic heterocycles. The molecule has 0 atom stereocenters. The SMILES string of the molecule is C#Cc1ccc2ccccc2c1-c1c(P(c2ccccc2)c2ccccc2)ccc2ccccc12. The molecule has 0 N–H and O–H groups in total. The Morgan fingerprint density at radius 1 is 0.457 bits per heavy atom. The summed E-state index contributed by atoms with van der Waals surface area (Å²) in [6, 6.07) is 47.8. The van der Waals surface area contributed by atoms with Crippen LogP contribution in [-0.4, -0.2) is 0 Å². The van der Waals surface area contributed by atoms with E-state index in [1.807, 2.05) is 0 Å². The van der Waals surface area contributed by atoms with Gasteiger partial charge in [0.1, 0.15) is 0 Å². The van der Waals surface area contributed by atoms with Crippen LogP contribution in [0.3, 0.4) is 0 Å². The van der Waals surface area contributed by atoms with E-state index in [0.29, 0.717) is 0 Å². The van der Waals surface area contributed by atoms with E-state index in [1.165, 1.54) is 43.0 Å². The molecule has 164 valence electrons.